The summed E-state index contributed by atoms with van der Waals surface area (Å²) >= 11 is 0. The van der Waals surface area contributed by atoms with Gasteiger partial charge in [0.25, 0.3) is 11.1 Å². The van der Waals surface area contributed by atoms with Gasteiger partial charge in [0.2, 0.25) is 0 Å². The molecule has 2 heterocycles. The van der Waals surface area contributed by atoms with Crippen LogP contribution in [0.2, 0.25) is 0 Å². The van der Waals surface area contributed by atoms with Crippen molar-refractivity contribution < 1.29 is 0 Å². The SMILES string of the molecule is C[C@H](Nc1nn(C)c(=O)c2cc(=O)n(C3CC3)cc12)c1ccc2c(c1)CCCC2. The van der Waals surface area contributed by atoms with Crippen LogP contribution in [-0.4, -0.2) is 14.3 Å². The Labute approximate surface area is 169 Å². The molecular weight excluding hydrogens is 364 g/mol. The molecule has 0 bridgehead atoms. The fraction of sp³-hybridized carbons (Fsp3) is 0.435. The highest BCUT2D eigenvalue weighted by molar-refractivity contribution is 5.90. The van der Waals surface area contributed by atoms with Crippen LogP contribution in [0, 0.1) is 0 Å². The van der Waals surface area contributed by atoms with E-state index in [0.29, 0.717) is 16.6 Å². The zero-order chi connectivity index (χ0) is 20.1. The number of fused-ring (bicyclic) bond motifs is 2. The van der Waals surface area contributed by atoms with Crippen LogP contribution >= 0.6 is 0 Å². The van der Waals surface area contributed by atoms with Gasteiger partial charge in [0.1, 0.15) is 0 Å². The Balaban J connectivity index is 1.56. The van der Waals surface area contributed by atoms with Crippen molar-refractivity contribution in [3.63, 3.8) is 0 Å². The van der Waals surface area contributed by atoms with Gasteiger partial charge in [0.05, 0.1) is 11.4 Å². The molecule has 150 valence electrons. The quantitative estimate of drug-likeness (QED) is 0.740. The van der Waals surface area contributed by atoms with Crippen LogP contribution < -0.4 is 16.4 Å². The minimum absolute atomic E-state index is 0.0386. The fourth-order valence-electron chi connectivity index (χ4n) is 4.39. The summed E-state index contributed by atoms with van der Waals surface area (Å²) < 4.78 is 3.06. The number of anilines is 1. The Morgan fingerprint density at radius 1 is 1.07 bits per heavy atom. The van der Waals surface area contributed by atoms with E-state index >= 15 is 0 Å². The van der Waals surface area contributed by atoms with Crippen molar-refractivity contribution >= 4 is 16.6 Å². The number of aryl methyl sites for hydroxylation is 3. The maximum atomic E-state index is 12.6. The Morgan fingerprint density at radius 3 is 2.59 bits per heavy atom. The summed E-state index contributed by atoms with van der Waals surface area (Å²) in [6.07, 6.45) is 8.68. The first-order valence-corrected chi connectivity index (χ1v) is 10.5. The summed E-state index contributed by atoms with van der Waals surface area (Å²) in [5.41, 5.74) is 3.77. The van der Waals surface area contributed by atoms with Crippen molar-refractivity contribution in [3.05, 3.63) is 67.9 Å². The zero-order valence-corrected chi connectivity index (χ0v) is 16.9. The van der Waals surface area contributed by atoms with E-state index < -0.39 is 0 Å². The van der Waals surface area contributed by atoms with Crippen LogP contribution in [0.4, 0.5) is 5.82 Å². The van der Waals surface area contributed by atoms with Crippen molar-refractivity contribution in [2.24, 2.45) is 7.05 Å². The third-order valence-corrected chi connectivity index (χ3v) is 6.28. The predicted octanol–water partition coefficient (Wildman–Crippen LogP) is 3.48. The Morgan fingerprint density at radius 2 is 1.83 bits per heavy atom. The van der Waals surface area contributed by atoms with Gasteiger partial charge in [-0.3, -0.25) is 9.59 Å². The highest BCUT2D eigenvalue weighted by atomic mass is 16.1. The van der Waals surface area contributed by atoms with Crippen LogP contribution in [0.25, 0.3) is 10.8 Å². The minimum atomic E-state index is -0.243. The first kappa shape index (κ1) is 18.2. The largest absolute Gasteiger partial charge is 0.362 e. The summed E-state index contributed by atoms with van der Waals surface area (Å²) in [5.74, 6) is 0.640. The van der Waals surface area contributed by atoms with Crippen molar-refractivity contribution in [3.8, 4) is 0 Å². The highest BCUT2D eigenvalue weighted by Gasteiger charge is 2.25. The average Bonchev–Trinajstić information content (AvgIpc) is 3.56. The van der Waals surface area contributed by atoms with Gasteiger partial charge in [0, 0.05) is 30.7 Å². The number of nitrogens with one attached hydrogen (secondary N) is 1. The summed E-state index contributed by atoms with van der Waals surface area (Å²) in [5, 5.41) is 9.11. The number of hydrogen-bond donors (Lipinski definition) is 1. The molecule has 0 radical (unpaired) electrons. The van der Waals surface area contributed by atoms with Crippen LogP contribution in [0.5, 0.6) is 0 Å². The molecular formula is C23H26N4O2. The third kappa shape index (κ3) is 3.26. The molecule has 1 fully saturated rings. The van der Waals surface area contributed by atoms with Gasteiger partial charge >= 0.3 is 0 Å². The molecule has 3 aromatic rings. The molecule has 1 N–H and O–H groups in total. The number of hydrogen-bond acceptors (Lipinski definition) is 4. The second kappa shape index (κ2) is 6.87. The molecule has 0 amide bonds. The minimum Gasteiger partial charge on any atom is -0.362 e. The number of pyridine rings is 1. The molecule has 1 saturated carbocycles. The molecule has 0 saturated heterocycles. The fourth-order valence-corrected chi connectivity index (χ4v) is 4.39. The van der Waals surface area contributed by atoms with Crippen molar-refractivity contribution in [2.45, 2.75) is 57.5 Å². The Kier molecular flexibility index (Phi) is 4.30. The number of aromatic nitrogens is 3. The van der Waals surface area contributed by atoms with Crippen molar-refractivity contribution in [2.75, 3.05) is 5.32 Å². The van der Waals surface area contributed by atoms with E-state index in [9.17, 15) is 9.59 Å². The molecule has 5 rings (SSSR count). The summed E-state index contributed by atoms with van der Waals surface area (Å²) in [7, 11) is 1.63. The lowest BCUT2D eigenvalue weighted by Crippen LogP contribution is -2.26. The lowest BCUT2D eigenvalue weighted by atomic mass is 9.89. The van der Waals surface area contributed by atoms with E-state index in [1.54, 1.807) is 11.6 Å². The molecule has 1 aromatic carbocycles. The molecule has 2 aliphatic carbocycles. The normalized spacial score (nSPS) is 17.2. The number of nitrogens with zero attached hydrogens (tertiary/aromatic N) is 3. The average molecular weight is 390 g/mol. The topological polar surface area (TPSA) is 68.9 Å². The molecule has 29 heavy (non-hydrogen) atoms. The highest BCUT2D eigenvalue weighted by Crippen LogP contribution is 2.34. The summed E-state index contributed by atoms with van der Waals surface area (Å²) in [6.45, 7) is 2.11. The van der Waals surface area contributed by atoms with Gasteiger partial charge in [-0.05, 0) is 62.1 Å². The molecule has 0 aliphatic heterocycles. The number of rotatable bonds is 4. The summed E-state index contributed by atoms with van der Waals surface area (Å²) in [6, 6.07) is 8.49. The van der Waals surface area contributed by atoms with E-state index in [4.69, 9.17) is 0 Å². The lowest BCUT2D eigenvalue weighted by Gasteiger charge is -2.21. The molecule has 2 aliphatic rings. The van der Waals surface area contributed by atoms with Gasteiger partial charge in [-0.2, -0.15) is 5.10 Å². The molecule has 0 unspecified atom stereocenters. The van der Waals surface area contributed by atoms with E-state index in [2.05, 4.69) is 35.5 Å². The van der Waals surface area contributed by atoms with Crippen LogP contribution in [-0.2, 0) is 19.9 Å². The maximum Gasteiger partial charge on any atom is 0.274 e. The van der Waals surface area contributed by atoms with Crippen LogP contribution in [0.3, 0.4) is 0 Å². The molecule has 6 heteroatoms. The predicted molar refractivity (Wildman–Crippen MR) is 115 cm³/mol. The Bertz CT molecular complexity index is 1220. The van der Waals surface area contributed by atoms with E-state index in [1.165, 1.54) is 46.7 Å². The van der Waals surface area contributed by atoms with Gasteiger partial charge in [0.15, 0.2) is 5.82 Å². The molecule has 2 aromatic heterocycles. The van der Waals surface area contributed by atoms with Crippen LogP contribution in [0.15, 0.2) is 40.1 Å². The van der Waals surface area contributed by atoms with Gasteiger partial charge in [-0.1, -0.05) is 18.2 Å². The molecule has 1 atom stereocenters. The standard InChI is InChI=1S/C23H26N4O2/c1-14(16-8-7-15-5-3-4-6-17(15)11-16)24-22-20-13-27(18-9-10-18)21(28)12-19(20)23(29)26(2)25-22/h7-8,11-14,18H,3-6,9-10H2,1-2H3,(H,24,25)/t14-/m0/s1. The lowest BCUT2D eigenvalue weighted by molar-refractivity contribution is 0.681. The first-order chi connectivity index (χ1) is 14.0. The Hall–Kier alpha value is -2.89. The van der Waals surface area contributed by atoms with Crippen molar-refractivity contribution in [1.82, 2.24) is 14.3 Å². The second-order valence-electron chi connectivity index (χ2n) is 8.46. The van der Waals surface area contributed by atoms with Crippen LogP contribution in [0.1, 0.15) is 61.4 Å². The zero-order valence-electron chi connectivity index (χ0n) is 16.9. The smallest absolute Gasteiger partial charge is 0.274 e. The summed E-state index contributed by atoms with van der Waals surface area (Å²) in [4.78, 5) is 25.0. The first-order valence-electron chi connectivity index (χ1n) is 10.5. The van der Waals surface area contributed by atoms with Gasteiger partial charge in [-0.15, -0.1) is 0 Å². The third-order valence-electron chi connectivity index (χ3n) is 6.28. The van der Waals surface area contributed by atoms with Gasteiger partial charge < -0.3 is 9.88 Å². The van der Waals surface area contributed by atoms with E-state index in [0.717, 1.165) is 19.3 Å². The molecule has 0 spiro atoms. The van der Waals surface area contributed by atoms with E-state index in [1.807, 2.05) is 6.20 Å². The second-order valence-corrected chi connectivity index (χ2v) is 8.46. The van der Waals surface area contributed by atoms with Gasteiger partial charge in [-0.25, -0.2) is 4.68 Å². The molecule has 6 nitrogen and oxygen atoms in total. The van der Waals surface area contributed by atoms with Crippen molar-refractivity contribution in [1.29, 1.82) is 0 Å². The maximum absolute atomic E-state index is 12.6. The van der Waals surface area contributed by atoms with E-state index in [-0.39, 0.29) is 23.2 Å². The monoisotopic (exact) mass is 390 g/mol. The number of benzene rings is 1.